The Morgan fingerprint density at radius 1 is 1.19 bits per heavy atom. The lowest BCUT2D eigenvalue weighted by molar-refractivity contribution is -0.135. The molecule has 1 heterocycles. The van der Waals surface area contributed by atoms with Crippen LogP contribution >= 0.6 is 23.2 Å². The summed E-state index contributed by atoms with van der Waals surface area (Å²) in [5.41, 5.74) is 3.34. The van der Waals surface area contributed by atoms with Gasteiger partial charge in [-0.25, -0.2) is 0 Å². The molecule has 0 unspecified atom stereocenters. The van der Waals surface area contributed by atoms with Gasteiger partial charge in [-0.15, -0.1) is 5.10 Å². The summed E-state index contributed by atoms with van der Waals surface area (Å²) in [6, 6.07) is 8.43. The minimum Gasteiger partial charge on any atom is -0.495 e. The number of amides is 1. The summed E-state index contributed by atoms with van der Waals surface area (Å²) >= 11 is 12.7. The maximum atomic E-state index is 12.8. The Labute approximate surface area is 190 Å². The summed E-state index contributed by atoms with van der Waals surface area (Å²) in [4.78, 5) is 14.3. The van der Waals surface area contributed by atoms with Crippen molar-refractivity contribution >= 4 is 29.1 Å². The van der Waals surface area contributed by atoms with Crippen molar-refractivity contribution in [2.75, 3.05) is 27.9 Å². The van der Waals surface area contributed by atoms with Crippen molar-refractivity contribution in [2.45, 2.75) is 19.9 Å². The number of methoxy groups -OCH3 is 2. The van der Waals surface area contributed by atoms with Crippen LogP contribution in [-0.4, -0.2) is 58.9 Å². The number of aromatic nitrogens is 4. The van der Waals surface area contributed by atoms with Gasteiger partial charge in [0.25, 0.3) is 0 Å². The van der Waals surface area contributed by atoms with Crippen molar-refractivity contribution in [3.8, 4) is 11.4 Å². The zero-order valence-electron chi connectivity index (χ0n) is 17.9. The van der Waals surface area contributed by atoms with Gasteiger partial charge in [-0.05, 0) is 47.5 Å². The molecule has 0 N–H and O–H groups in total. The molecular weight excluding hydrogens is 441 g/mol. The first-order chi connectivity index (χ1) is 14.8. The number of nitrogens with zero attached hydrogens (tertiary/aromatic N) is 5. The summed E-state index contributed by atoms with van der Waals surface area (Å²) in [5.74, 6) is 0.506. The molecule has 0 fully saturated rings. The van der Waals surface area contributed by atoms with E-state index in [1.54, 1.807) is 23.9 Å². The molecular formula is C21H23Cl2N5O3. The molecule has 0 saturated heterocycles. The molecule has 0 bridgehead atoms. The normalized spacial score (nSPS) is 12.0. The third-order valence-corrected chi connectivity index (χ3v) is 5.47. The molecule has 0 spiro atoms. The number of aryl methyl sites for hydroxylation is 2. The topological polar surface area (TPSA) is 82.4 Å². The standard InChI is InChI=1S/C21H23Cl2N5O3/c1-12-7-6-8-13(2)18(12)28-21(24-25-26-28)19(27(3)17(29)11-30-4)15-9-14(22)10-16(23)20(15)31-5/h6-10,19H,11H2,1-5H3/t19-/m1/s1. The first kappa shape index (κ1) is 23.0. The molecule has 0 radical (unpaired) electrons. The second-order valence-electron chi connectivity index (χ2n) is 7.04. The first-order valence-electron chi connectivity index (χ1n) is 9.42. The molecule has 1 amide bonds. The van der Waals surface area contributed by atoms with Crippen LogP contribution in [0.3, 0.4) is 0 Å². The van der Waals surface area contributed by atoms with Crippen LogP contribution in [-0.2, 0) is 9.53 Å². The second-order valence-corrected chi connectivity index (χ2v) is 7.88. The number of tetrazole rings is 1. The van der Waals surface area contributed by atoms with E-state index in [4.69, 9.17) is 32.7 Å². The average Bonchev–Trinajstić information content (AvgIpc) is 3.17. The summed E-state index contributed by atoms with van der Waals surface area (Å²) in [6.45, 7) is 3.83. The monoisotopic (exact) mass is 463 g/mol. The van der Waals surface area contributed by atoms with Gasteiger partial charge >= 0.3 is 0 Å². The highest BCUT2D eigenvalue weighted by atomic mass is 35.5. The van der Waals surface area contributed by atoms with Crippen molar-refractivity contribution < 1.29 is 14.3 Å². The Kier molecular flexibility index (Phi) is 7.15. The number of hydrogen-bond acceptors (Lipinski definition) is 6. The Morgan fingerprint density at radius 3 is 2.48 bits per heavy atom. The average molecular weight is 464 g/mol. The molecule has 10 heteroatoms. The van der Waals surface area contributed by atoms with Crippen molar-refractivity contribution in [2.24, 2.45) is 0 Å². The minimum atomic E-state index is -0.747. The fourth-order valence-corrected chi connectivity index (χ4v) is 4.14. The summed E-state index contributed by atoms with van der Waals surface area (Å²) in [6.07, 6.45) is 0. The van der Waals surface area contributed by atoms with E-state index in [1.807, 2.05) is 32.0 Å². The number of carbonyl (C=O) groups is 1. The Hall–Kier alpha value is -2.68. The predicted octanol–water partition coefficient (Wildman–Crippen LogP) is 3.79. The number of benzene rings is 2. The van der Waals surface area contributed by atoms with Crippen molar-refractivity contribution in [1.29, 1.82) is 0 Å². The number of carbonyl (C=O) groups excluding carboxylic acids is 1. The van der Waals surface area contributed by atoms with Crippen LogP contribution in [0.25, 0.3) is 5.69 Å². The molecule has 1 aromatic heterocycles. The lowest BCUT2D eigenvalue weighted by atomic mass is 10.0. The zero-order valence-corrected chi connectivity index (χ0v) is 19.4. The number of para-hydroxylation sites is 1. The summed E-state index contributed by atoms with van der Waals surface area (Å²) in [5, 5.41) is 13.1. The smallest absolute Gasteiger partial charge is 0.249 e. The molecule has 8 nitrogen and oxygen atoms in total. The molecule has 3 rings (SSSR count). The van der Waals surface area contributed by atoms with Crippen LogP contribution < -0.4 is 4.74 Å². The van der Waals surface area contributed by atoms with Gasteiger partial charge in [0.1, 0.15) is 18.4 Å². The van der Waals surface area contributed by atoms with E-state index < -0.39 is 6.04 Å². The SMILES string of the molecule is COCC(=O)N(C)[C@H](c1cc(Cl)cc(Cl)c1OC)c1nnnn1-c1c(C)cccc1C. The highest BCUT2D eigenvalue weighted by Gasteiger charge is 2.33. The third kappa shape index (κ3) is 4.51. The Balaban J connectivity index is 2.29. The molecule has 31 heavy (non-hydrogen) atoms. The number of rotatable bonds is 7. The summed E-state index contributed by atoms with van der Waals surface area (Å²) < 4.78 is 12.2. The highest BCUT2D eigenvalue weighted by molar-refractivity contribution is 6.35. The molecule has 3 aromatic rings. The fourth-order valence-electron chi connectivity index (χ4n) is 3.55. The molecule has 0 saturated carbocycles. The molecule has 0 aliphatic rings. The van der Waals surface area contributed by atoms with E-state index >= 15 is 0 Å². The van der Waals surface area contributed by atoms with Gasteiger partial charge in [-0.3, -0.25) is 4.79 Å². The number of likely N-dealkylation sites (N-methyl/N-ethyl adjacent to an activating group) is 1. The largest absolute Gasteiger partial charge is 0.495 e. The molecule has 0 aliphatic heterocycles. The van der Waals surface area contributed by atoms with E-state index in [2.05, 4.69) is 15.5 Å². The van der Waals surface area contributed by atoms with Crippen LogP contribution in [0.2, 0.25) is 10.0 Å². The van der Waals surface area contributed by atoms with Crippen LogP contribution in [0, 0.1) is 13.8 Å². The number of ether oxygens (including phenoxy) is 2. The van der Waals surface area contributed by atoms with Gasteiger partial charge in [0, 0.05) is 24.7 Å². The first-order valence-corrected chi connectivity index (χ1v) is 10.2. The molecule has 164 valence electrons. The van der Waals surface area contributed by atoms with Gasteiger partial charge in [-0.1, -0.05) is 41.4 Å². The molecule has 2 aromatic carbocycles. The van der Waals surface area contributed by atoms with Gasteiger partial charge in [0.15, 0.2) is 5.82 Å². The Bertz CT molecular complexity index is 1080. The van der Waals surface area contributed by atoms with Crippen LogP contribution in [0.1, 0.15) is 28.6 Å². The zero-order chi connectivity index (χ0) is 22.7. The van der Waals surface area contributed by atoms with Crippen LogP contribution in [0.15, 0.2) is 30.3 Å². The van der Waals surface area contributed by atoms with E-state index in [0.717, 1.165) is 16.8 Å². The molecule has 1 atom stereocenters. The van der Waals surface area contributed by atoms with E-state index in [1.165, 1.54) is 19.1 Å². The van der Waals surface area contributed by atoms with Gasteiger partial charge < -0.3 is 14.4 Å². The van der Waals surface area contributed by atoms with E-state index in [0.29, 0.717) is 27.2 Å². The van der Waals surface area contributed by atoms with Gasteiger partial charge in [0.05, 0.1) is 17.8 Å². The van der Waals surface area contributed by atoms with E-state index in [9.17, 15) is 4.79 Å². The van der Waals surface area contributed by atoms with Crippen molar-refractivity contribution in [3.63, 3.8) is 0 Å². The second kappa shape index (κ2) is 9.64. The highest BCUT2D eigenvalue weighted by Crippen LogP contribution is 2.40. The third-order valence-electron chi connectivity index (χ3n) is 4.97. The van der Waals surface area contributed by atoms with E-state index in [-0.39, 0.29) is 12.5 Å². The van der Waals surface area contributed by atoms with Gasteiger partial charge in [0.2, 0.25) is 5.91 Å². The lowest BCUT2D eigenvalue weighted by Crippen LogP contribution is -2.36. The summed E-state index contributed by atoms with van der Waals surface area (Å²) in [7, 11) is 4.60. The van der Waals surface area contributed by atoms with Crippen molar-refractivity contribution in [3.05, 3.63) is 62.9 Å². The number of hydrogen-bond donors (Lipinski definition) is 0. The Morgan fingerprint density at radius 2 is 1.87 bits per heavy atom. The predicted molar refractivity (Wildman–Crippen MR) is 118 cm³/mol. The fraction of sp³-hybridized carbons (Fsp3) is 0.333. The lowest BCUT2D eigenvalue weighted by Gasteiger charge is -2.29. The van der Waals surface area contributed by atoms with Crippen LogP contribution in [0.4, 0.5) is 0 Å². The maximum Gasteiger partial charge on any atom is 0.249 e. The van der Waals surface area contributed by atoms with Gasteiger partial charge in [-0.2, -0.15) is 4.68 Å². The van der Waals surface area contributed by atoms with Crippen molar-refractivity contribution in [1.82, 2.24) is 25.1 Å². The minimum absolute atomic E-state index is 0.116. The number of halogens is 2. The maximum absolute atomic E-state index is 12.8. The quantitative estimate of drug-likeness (QED) is 0.529. The van der Waals surface area contributed by atoms with Crippen LogP contribution in [0.5, 0.6) is 5.75 Å². The molecule has 0 aliphatic carbocycles.